The van der Waals surface area contributed by atoms with Gasteiger partial charge in [-0.1, -0.05) is 117 Å². The summed E-state index contributed by atoms with van der Waals surface area (Å²) in [5.74, 6) is 0. The van der Waals surface area contributed by atoms with Gasteiger partial charge in [-0.05, 0) is 83.6 Å². The van der Waals surface area contributed by atoms with Crippen molar-refractivity contribution in [2.45, 2.75) is 154 Å². The molecule has 4 atom stereocenters. The van der Waals surface area contributed by atoms with Crippen LogP contribution in [0.4, 0.5) is 0 Å². The Bertz CT molecular complexity index is 914. The molecule has 0 aromatic carbocycles. The fourth-order valence-electron chi connectivity index (χ4n) is 9.94. The molecule has 2 saturated heterocycles. The molecule has 2 fully saturated rings. The Morgan fingerprint density at radius 2 is 0.824 bits per heavy atom. The van der Waals surface area contributed by atoms with Crippen molar-refractivity contribution in [2.75, 3.05) is 0 Å². The number of rotatable bonds is 0. The molecule has 0 N–H and O–H groups in total. The SMILES string of the molecule is CC(C)(C)C12C3=C(CCCCCC3)P3C4(C(C)(C)C)P1C1=C(CCCCCC1)P2C34C(C)(C)C. The van der Waals surface area contributed by atoms with Crippen molar-refractivity contribution in [2.24, 2.45) is 16.2 Å². The zero-order chi connectivity index (χ0) is 24.5. The highest BCUT2D eigenvalue weighted by Gasteiger charge is 3.00. The van der Waals surface area contributed by atoms with Crippen LogP contribution in [-0.2, 0) is 0 Å². The van der Waals surface area contributed by atoms with Gasteiger partial charge < -0.3 is 0 Å². The quantitative estimate of drug-likeness (QED) is 0.281. The Morgan fingerprint density at radius 1 is 0.441 bits per heavy atom. The normalized spacial score (nSPS) is 44.2. The van der Waals surface area contributed by atoms with Crippen LogP contribution in [0.1, 0.15) is 139 Å². The summed E-state index contributed by atoms with van der Waals surface area (Å²) in [6.07, 6.45) is 17.7. The molecule has 0 saturated carbocycles. The lowest BCUT2D eigenvalue weighted by atomic mass is 9.80. The van der Waals surface area contributed by atoms with Gasteiger partial charge in [0, 0.05) is 14.7 Å². The number of allylic oxidation sites excluding steroid dienone is 4. The molecule has 0 aromatic heterocycles. The minimum absolute atomic E-state index is 0.00506. The second kappa shape index (κ2) is 7.45. The summed E-state index contributed by atoms with van der Waals surface area (Å²) in [7, 11) is -0.202. The molecular weight excluding hydrogens is 465 g/mol. The van der Waals surface area contributed by atoms with Crippen LogP contribution >= 0.6 is 23.8 Å². The van der Waals surface area contributed by atoms with E-state index in [1.54, 1.807) is 0 Å². The minimum Gasteiger partial charge on any atom is -0.0589 e. The van der Waals surface area contributed by atoms with Crippen LogP contribution in [0, 0.1) is 16.2 Å². The van der Waals surface area contributed by atoms with Crippen LogP contribution < -0.4 is 0 Å². The van der Waals surface area contributed by atoms with E-state index in [0.29, 0.717) is 30.9 Å². The Hall–Kier alpha value is 0.770. The Labute approximate surface area is 215 Å². The van der Waals surface area contributed by atoms with Crippen LogP contribution in [0.2, 0.25) is 0 Å². The zero-order valence-electron chi connectivity index (χ0n) is 23.8. The van der Waals surface area contributed by atoms with Gasteiger partial charge in [0.05, 0.1) is 0 Å². The lowest BCUT2D eigenvalue weighted by molar-refractivity contribution is 0.293. The summed E-state index contributed by atoms with van der Waals surface area (Å²) < 4.78 is 0. The maximum Gasteiger partial charge on any atom is 0.0459 e. The van der Waals surface area contributed by atoms with E-state index < -0.39 is 0 Å². The molecule has 2 aliphatic carbocycles. The molecule has 0 amide bonds. The topological polar surface area (TPSA) is 0 Å². The fraction of sp³-hybridized carbons (Fsp3) is 0.871. The molecule has 0 aromatic rings. The van der Waals surface area contributed by atoms with Gasteiger partial charge >= 0.3 is 0 Å². The molecule has 0 spiro atoms. The van der Waals surface area contributed by atoms with Gasteiger partial charge in [0.25, 0.3) is 0 Å². The number of hydrogen-bond acceptors (Lipinski definition) is 0. The molecule has 7 aliphatic rings. The van der Waals surface area contributed by atoms with Crippen LogP contribution in [0.25, 0.3) is 0 Å². The Balaban J connectivity index is 1.74. The summed E-state index contributed by atoms with van der Waals surface area (Å²) in [6.45, 7) is 24.4. The van der Waals surface area contributed by atoms with E-state index in [1.807, 2.05) is 0 Å². The Kier molecular flexibility index (Phi) is 5.49. The average molecular weight is 517 g/mol. The molecule has 0 radical (unpaired) electrons. The molecule has 34 heavy (non-hydrogen) atoms. The molecule has 5 aliphatic heterocycles. The van der Waals surface area contributed by atoms with Crippen molar-refractivity contribution < 1.29 is 0 Å². The second-order valence-electron chi connectivity index (χ2n) is 15.4. The largest absolute Gasteiger partial charge is 0.0589 e. The van der Waals surface area contributed by atoms with Gasteiger partial charge in [-0.3, -0.25) is 0 Å². The van der Waals surface area contributed by atoms with Gasteiger partial charge in [0.1, 0.15) is 0 Å². The maximum atomic E-state index is 2.71. The average Bonchev–Trinajstić information content (AvgIpc) is 3.14. The molecule has 7 rings (SSSR count). The van der Waals surface area contributed by atoms with Crippen LogP contribution in [0.5, 0.6) is 0 Å². The second-order valence-corrected chi connectivity index (χ2v) is 24.1. The smallest absolute Gasteiger partial charge is 0.0459 e. The van der Waals surface area contributed by atoms with Gasteiger partial charge in [-0.15, -0.1) is 0 Å². The Morgan fingerprint density at radius 3 is 1.21 bits per heavy atom. The number of hydrogen-bond donors (Lipinski definition) is 0. The van der Waals surface area contributed by atoms with E-state index in [0.717, 1.165) is 0 Å². The molecule has 0 nitrogen and oxygen atoms in total. The lowest BCUT2D eigenvalue weighted by Crippen LogP contribution is -2.44. The summed E-state index contributed by atoms with van der Waals surface area (Å²) in [4.78, 5) is 1.77. The summed E-state index contributed by atoms with van der Waals surface area (Å²) >= 11 is 0. The van der Waals surface area contributed by atoms with E-state index in [-0.39, 0.29) is 23.8 Å². The first-order chi connectivity index (χ1) is 15.8. The highest BCUT2D eigenvalue weighted by atomic mass is 31.2. The maximum absolute atomic E-state index is 2.71. The summed E-state index contributed by atoms with van der Waals surface area (Å²) in [6, 6.07) is 0. The van der Waals surface area contributed by atoms with Crippen molar-refractivity contribution in [1.82, 2.24) is 0 Å². The molecule has 3 heteroatoms. The predicted octanol–water partition coefficient (Wildman–Crippen LogP) is 11.9. The van der Waals surface area contributed by atoms with Crippen molar-refractivity contribution in [3.63, 3.8) is 0 Å². The van der Waals surface area contributed by atoms with Gasteiger partial charge in [0.15, 0.2) is 0 Å². The summed E-state index contributed by atoms with van der Waals surface area (Å²) in [5, 5.41) is 6.37. The predicted molar refractivity (Wildman–Crippen MR) is 157 cm³/mol. The van der Waals surface area contributed by atoms with Gasteiger partial charge in [-0.2, -0.15) is 0 Å². The van der Waals surface area contributed by atoms with E-state index in [4.69, 9.17) is 0 Å². The first-order valence-corrected chi connectivity index (χ1v) is 18.7. The van der Waals surface area contributed by atoms with E-state index in [2.05, 4.69) is 83.8 Å². The first kappa shape index (κ1) is 25.1. The zero-order valence-corrected chi connectivity index (χ0v) is 26.5. The van der Waals surface area contributed by atoms with Crippen molar-refractivity contribution in [3.8, 4) is 0 Å². The van der Waals surface area contributed by atoms with Crippen molar-refractivity contribution in [1.29, 1.82) is 0 Å². The fourth-order valence-corrected chi connectivity index (χ4v) is 33.8. The monoisotopic (exact) mass is 516 g/mol. The van der Waals surface area contributed by atoms with E-state index in [1.165, 1.54) is 77.0 Å². The van der Waals surface area contributed by atoms with Crippen LogP contribution in [0.3, 0.4) is 0 Å². The van der Waals surface area contributed by atoms with Gasteiger partial charge in [0.2, 0.25) is 0 Å². The van der Waals surface area contributed by atoms with Gasteiger partial charge in [-0.25, -0.2) is 0 Å². The first-order valence-electron chi connectivity index (χ1n) is 14.7. The van der Waals surface area contributed by atoms with Crippen molar-refractivity contribution >= 4 is 23.8 Å². The minimum atomic E-state index is -0.0983. The molecule has 6 bridgehead atoms. The third kappa shape index (κ3) is 2.51. The van der Waals surface area contributed by atoms with Crippen LogP contribution in [0.15, 0.2) is 21.5 Å². The van der Waals surface area contributed by atoms with E-state index in [9.17, 15) is 0 Å². The standard InChI is InChI=1S/C31H51P3/c1-26(2,3)29-22-18-14-10-11-15-19-23(22)34-30(27(4,5)6)31(34,28(7,8)9)33(29)25-21-17-13-12-16-20-24(25)32(29)30/h10-21H2,1-9H3. The highest BCUT2D eigenvalue weighted by molar-refractivity contribution is 8.10. The van der Waals surface area contributed by atoms with E-state index >= 15 is 0 Å². The lowest BCUT2D eigenvalue weighted by Gasteiger charge is -2.59. The third-order valence-electron chi connectivity index (χ3n) is 10.6. The highest BCUT2D eigenvalue weighted by Crippen LogP contribution is 3.25. The molecule has 190 valence electrons. The molecule has 5 heterocycles. The van der Waals surface area contributed by atoms with Crippen molar-refractivity contribution in [3.05, 3.63) is 21.5 Å². The molecular formula is C31H51P3. The molecule has 4 unspecified atom stereocenters. The summed E-state index contributed by atoms with van der Waals surface area (Å²) in [5.41, 5.74) is 3.35. The van der Waals surface area contributed by atoms with Crippen LogP contribution in [-0.4, -0.2) is 14.7 Å². The third-order valence-corrected chi connectivity index (χ3v) is 27.6.